The summed E-state index contributed by atoms with van der Waals surface area (Å²) in [5.74, 6) is -1.04. The Labute approximate surface area is 160 Å². The lowest BCUT2D eigenvalue weighted by Gasteiger charge is -2.26. The van der Waals surface area contributed by atoms with Crippen LogP contribution in [0.5, 0.6) is 0 Å². The summed E-state index contributed by atoms with van der Waals surface area (Å²) in [6.45, 7) is 3.92. The number of carbonyl (C=O) groups is 2. The molecule has 0 aromatic carbocycles. The van der Waals surface area contributed by atoms with Gasteiger partial charge in [0, 0.05) is 5.41 Å². The molecule has 0 aromatic rings. The normalized spacial score (nSPS) is 25.7. The lowest BCUT2D eigenvalue weighted by atomic mass is 9.81. The molecule has 4 atom stereocenters. The Morgan fingerprint density at radius 3 is 1.84 bits per heavy atom. The summed E-state index contributed by atoms with van der Waals surface area (Å²) >= 11 is 7.45. The first-order chi connectivity index (χ1) is 11.7. The van der Waals surface area contributed by atoms with Crippen LogP contribution in [0.1, 0.15) is 46.0 Å². The van der Waals surface area contributed by atoms with E-state index in [1.165, 1.54) is 6.42 Å². The van der Waals surface area contributed by atoms with Crippen LogP contribution in [0.25, 0.3) is 0 Å². The molecule has 0 aromatic heterocycles. The molecule has 0 spiro atoms. The number of allylic oxidation sites excluding steroid dienone is 1. The lowest BCUT2D eigenvalue weighted by molar-refractivity contribution is -0.137. The minimum atomic E-state index is -0.842. The van der Waals surface area contributed by atoms with Gasteiger partial charge in [0.15, 0.2) is 0 Å². The van der Waals surface area contributed by atoms with Crippen molar-refractivity contribution in [3.05, 3.63) is 11.6 Å². The molecule has 1 fully saturated rings. The molecule has 4 N–H and O–H groups in total. The molecule has 0 heterocycles. The van der Waals surface area contributed by atoms with Crippen LogP contribution in [0.3, 0.4) is 0 Å². The standard InChI is InChI=1S/C9H14O2.2C4H8O2S/c10-5-8-3-7-1-2-9(8,4-7)6-11;2*1-2-3(7)4(5)6/h3,7,10-11H,1-2,4-6H2;2*3,7H,2H2,1H3,(H,5,6). The summed E-state index contributed by atoms with van der Waals surface area (Å²) in [5, 5.41) is 33.4. The molecule has 6 nitrogen and oxygen atoms in total. The summed E-state index contributed by atoms with van der Waals surface area (Å²) < 4.78 is 0. The van der Waals surface area contributed by atoms with Gasteiger partial charge >= 0.3 is 11.9 Å². The van der Waals surface area contributed by atoms with Crippen molar-refractivity contribution in [1.29, 1.82) is 0 Å². The van der Waals surface area contributed by atoms with Crippen molar-refractivity contribution in [2.24, 2.45) is 11.3 Å². The molecule has 146 valence electrons. The number of hydrogen-bond donors (Lipinski definition) is 6. The second-order valence-electron chi connectivity index (χ2n) is 6.32. The molecule has 0 radical (unpaired) electrons. The van der Waals surface area contributed by atoms with E-state index in [1.54, 1.807) is 13.8 Å². The van der Waals surface area contributed by atoms with Gasteiger partial charge in [-0.15, -0.1) is 0 Å². The zero-order valence-corrected chi connectivity index (χ0v) is 16.5. The van der Waals surface area contributed by atoms with E-state index in [9.17, 15) is 14.7 Å². The fourth-order valence-electron chi connectivity index (χ4n) is 2.88. The highest BCUT2D eigenvalue weighted by Crippen LogP contribution is 2.53. The van der Waals surface area contributed by atoms with Gasteiger partial charge in [0.25, 0.3) is 0 Å². The van der Waals surface area contributed by atoms with Crippen molar-refractivity contribution in [3.8, 4) is 0 Å². The Bertz CT molecular complexity index is 448. The van der Waals surface area contributed by atoms with E-state index in [2.05, 4.69) is 31.3 Å². The minimum absolute atomic E-state index is 0.0145. The lowest BCUT2D eigenvalue weighted by Crippen LogP contribution is -2.24. The molecule has 25 heavy (non-hydrogen) atoms. The summed E-state index contributed by atoms with van der Waals surface area (Å²) in [4.78, 5) is 19.7. The molecule has 2 aliphatic carbocycles. The van der Waals surface area contributed by atoms with E-state index < -0.39 is 22.4 Å². The number of carboxylic acids is 2. The van der Waals surface area contributed by atoms with E-state index in [1.807, 2.05) is 0 Å². The Morgan fingerprint density at radius 2 is 1.64 bits per heavy atom. The summed E-state index contributed by atoms with van der Waals surface area (Å²) in [5.41, 5.74) is 1.07. The Morgan fingerprint density at radius 1 is 1.16 bits per heavy atom. The number of aliphatic carboxylic acids is 2. The average Bonchev–Trinajstić information content (AvgIpc) is 3.19. The monoisotopic (exact) mass is 394 g/mol. The van der Waals surface area contributed by atoms with Crippen molar-refractivity contribution in [2.45, 2.75) is 56.5 Å². The SMILES string of the molecule is CCC(S)C(=O)O.CCC(S)C(=O)O.OCC1=CC2CCC1(CO)C2. The van der Waals surface area contributed by atoms with Crippen LogP contribution < -0.4 is 0 Å². The average molecular weight is 395 g/mol. The molecule has 2 rings (SSSR count). The van der Waals surface area contributed by atoms with Crippen LogP contribution in [0.15, 0.2) is 11.6 Å². The number of hydrogen-bond acceptors (Lipinski definition) is 6. The number of rotatable bonds is 6. The highest BCUT2D eigenvalue weighted by Gasteiger charge is 2.45. The zero-order chi connectivity index (χ0) is 19.6. The van der Waals surface area contributed by atoms with Crippen LogP contribution in [0, 0.1) is 11.3 Å². The predicted molar refractivity (Wildman–Crippen MR) is 103 cm³/mol. The van der Waals surface area contributed by atoms with Gasteiger partial charge in [0.1, 0.15) is 0 Å². The quantitative estimate of drug-likeness (QED) is 0.304. The van der Waals surface area contributed by atoms with E-state index in [-0.39, 0.29) is 18.6 Å². The van der Waals surface area contributed by atoms with E-state index >= 15 is 0 Å². The fourth-order valence-corrected chi connectivity index (χ4v) is 2.88. The van der Waals surface area contributed by atoms with E-state index in [4.69, 9.17) is 15.3 Å². The number of thiol groups is 2. The third-order valence-electron chi connectivity index (χ3n) is 4.58. The number of carboxylic acid groups (broad SMARTS) is 2. The van der Waals surface area contributed by atoms with Gasteiger partial charge in [0.2, 0.25) is 0 Å². The predicted octanol–water partition coefficient (Wildman–Crippen LogP) is 2.26. The van der Waals surface area contributed by atoms with E-state index in [0.29, 0.717) is 18.8 Å². The van der Waals surface area contributed by atoms with Crippen LogP contribution in [-0.4, -0.2) is 56.1 Å². The maximum Gasteiger partial charge on any atom is 0.316 e. The topological polar surface area (TPSA) is 115 Å². The summed E-state index contributed by atoms with van der Waals surface area (Å²) in [7, 11) is 0. The largest absolute Gasteiger partial charge is 0.480 e. The second kappa shape index (κ2) is 11.8. The highest BCUT2D eigenvalue weighted by atomic mass is 32.1. The third kappa shape index (κ3) is 7.60. The number of aliphatic hydroxyl groups is 2. The first kappa shape index (κ1) is 24.3. The minimum Gasteiger partial charge on any atom is -0.480 e. The molecule has 0 saturated heterocycles. The van der Waals surface area contributed by atoms with Crippen LogP contribution in [-0.2, 0) is 9.59 Å². The van der Waals surface area contributed by atoms with Gasteiger partial charge in [-0.1, -0.05) is 19.9 Å². The third-order valence-corrected chi connectivity index (χ3v) is 5.75. The molecule has 4 unspecified atom stereocenters. The fraction of sp³-hybridized carbons (Fsp3) is 0.765. The van der Waals surface area contributed by atoms with Crippen molar-refractivity contribution in [1.82, 2.24) is 0 Å². The van der Waals surface area contributed by atoms with Crippen LogP contribution in [0.4, 0.5) is 0 Å². The molecular formula is C17H30O6S2. The van der Waals surface area contributed by atoms with Gasteiger partial charge < -0.3 is 20.4 Å². The molecule has 2 bridgehead atoms. The first-order valence-corrected chi connectivity index (χ1v) is 9.45. The Balaban J connectivity index is 0.000000366. The molecule has 8 heteroatoms. The van der Waals surface area contributed by atoms with Gasteiger partial charge in [-0.05, 0) is 43.6 Å². The van der Waals surface area contributed by atoms with E-state index in [0.717, 1.165) is 18.4 Å². The number of aliphatic hydroxyl groups excluding tert-OH is 2. The maximum absolute atomic E-state index is 9.85. The molecule has 0 amide bonds. The molecular weight excluding hydrogens is 364 g/mol. The van der Waals surface area contributed by atoms with Crippen molar-refractivity contribution in [2.75, 3.05) is 13.2 Å². The van der Waals surface area contributed by atoms with Gasteiger partial charge in [-0.25, -0.2) is 0 Å². The Hall–Kier alpha value is -0.700. The molecule has 1 saturated carbocycles. The van der Waals surface area contributed by atoms with Crippen LogP contribution in [0.2, 0.25) is 0 Å². The zero-order valence-electron chi connectivity index (χ0n) is 14.8. The van der Waals surface area contributed by atoms with Crippen molar-refractivity contribution in [3.63, 3.8) is 0 Å². The molecule has 0 aliphatic heterocycles. The smallest absolute Gasteiger partial charge is 0.316 e. The van der Waals surface area contributed by atoms with Crippen molar-refractivity contribution < 1.29 is 30.0 Å². The second-order valence-corrected chi connectivity index (χ2v) is 7.56. The number of fused-ring (bicyclic) bond motifs is 2. The van der Waals surface area contributed by atoms with Gasteiger partial charge in [-0.3, -0.25) is 9.59 Å². The summed E-state index contributed by atoms with van der Waals surface area (Å²) in [6, 6.07) is 0. The maximum atomic E-state index is 9.85. The van der Waals surface area contributed by atoms with Gasteiger partial charge in [-0.2, -0.15) is 25.3 Å². The first-order valence-electron chi connectivity index (χ1n) is 8.42. The van der Waals surface area contributed by atoms with Crippen molar-refractivity contribution >= 4 is 37.2 Å². The van der Waals surface area contributed by atoms with Gasteiger partial charge in [0.05, 0.1) is 23.7 Å². The van der Waals surface area contributed by atoms with Crippen LogP contribution >= 0.6 is 25.3 Å². The highest BCUT2D eigenvalue weighted by molar-refractivity contribution is 7.82. The summed E-state index contributed by atoms with van der Waals surface area (Å²) in [6.07, 6.45) is 6.65. The Kier molecular flexibility index (Phi) is 11.5. The molecule has 2 aliphatic rings.